The number of fused-ring (bicyclic) bond motifs is 1. The van der Waals surface area contributed by atoms with Gasteiger partial charge in [-0.2, -0.15) is 10.2 Å². The number of hydrogen-bond donors (Lipinski definition) is 5. The smallest absolute Gasteiger partial charge is 0.329 e. The number of aromatic nitrogens is 7. The number of nitrogens with two attached hydrogens (primary N) is 1. The van der Waals surface area contributed by atoms with E-state index in [-0.39, 0.29) is 47.1 Å². The van der Waals surface area contributed by atoms with Gasteiger partial charge in [-0.1, -0.05) is 12.1 Å². The van der Waals surface area contributed by atoms with E-state index in [1.54, 1.807) is 61.8 Å². The Kier molecular flexibility index (Phi) is 9.04. The topological polar surface area (TPSA) is 254 Å². The largest absolute Gasteiger partial charge is 0.383 e. The van der Waals surface area contributed by atoms with Crippen molar-refractivity contribution in [1.82, 2.24) is 44.3 Å². The first-order valence-corrected chi connectivity index (χ1v) is 20.4. The number of anilines is 2. The molecule has 1 spiro atoms. The predicted molar refractivity (Wildman–Crippen MR) is 213 cm³/mol. The summed E-state index contributed by atoms with van der Waals surface area (Å²) in [7, 11) is -2.67. The number of primary sulfonamides is 1. The minimum atomic E-state index is -4.35. The van der Waals surface area contributed by atoms with Gasteiger partial charge in [0.05, 0.1) is 40.0 Å². The van der Waals surface area contributed by atoms with Gasteiger partial charge in [-0.25, -0.2) is 28.0 Å². The number of imide groups is 1. The van der Waals surface area contributed by atoms with Crippen molar-refractivity contribution < 1.29 is 27.6 Å². The van der Waals surface area contributed by atoms with Gasteiger partial charge in [0.25, 0.3) is 21.8 Å². The Bertz CT molecular complexity index is 2850. The standard InChI is InChI=1S/C39H38N12O7S/c1-48-33-27(5-3-7-30(33)51(38(48)56)31-12-13-32(52)45-35(31)54)41-18-22-16-39(17-22)20-49(21-39)37(55)23-8-10-24(11-9-23)50-19-29(36(47-50)59(40,57)58)44-34(53)28-6-2-4-25(43-28)26-14-15-42-46-26/h2-11,14-15,19,22,31,41H,12-13,16-18,20-21H2,1H3,(H,42,46)(H,44,53)(H2,40,57,58)(H,45,52,54). The number of nitrogens with one attached hydrogen (secondary N) is 4. The van der Waals surface area contributed by atoms with Gasteiger partial charge in [-0.15, -0.1) is 0 Å². The highest BCUT2D eigenvalue weighted by atomic mass is 32.2. The monoisotopic (exact) mass is 818 g/mol. The lowest BCUT2D eigenvalue weighted by Crippen LogP contribution is -2.64. The lowest BCUT2D eigenvalue weighted by atomic mass is 9.57. The van der Waals surface area contributed by atoms with E-state index in [0.29, 0.717) is 59.2 Å². The molecule has 4 amide bonds. The summed E-state index contributed by atoms with van der Waals surface area (Å²) in [4.78, 5) is 70.3. The molecule has 6 heterocycles. The van der Waals surface area contributed by atoms with Crippen LogP contribution in [0.5, 0.6) is 0 Å². The second kappa shape index (κ2) is 14.2. The number of amides is 4. The van der Waals surface area contributed by atoms with Crippen LogP contribution in [0.2, 0.25) is 0 Å². The molecule has 3 fully saturated rings. The number of aromatic amines is 1. The maximum absolute atomic E-state index is 13.4. The number of nitrogens with zero attached hydrogens (tertiary/aromatic N) is 7. The molecule has 2 saturated heterocycles. The Hall–Kier alpha value is -6.93. The Morgan fingerprint density at radius 1 is 0.983 bits per heavy atom. The molecule has 1 saturated carbocycles. The number of likely N-dealkylation sites (tertiary alicyclic amines) is 1. The molecule has 6 aromatic rings. The van der Waals surface area contributed by atoms with Crippen LogP contribution in [-0.2, 0) is 26.7 Å². The molecular formula is C39H38N12O7S. The first kappa shape index (κ1) is 37.6. The van der Waals surface area contributed by atoms with Gasteiger partial charge < -0.3 is 15.5 Å². The first-order chi connectivity index (χ1) is 28.3. The molecule has 302 valence electrons. The van der Waals surface area contributed by atoms with E-state index in [2.05, 4.69) is 36.2 Å². The van der Waals surface area contributed by atoms with Crippen molar-refractivity contribution in [1.29, 1.82) is 0 Å². The molecular weight excluding hydrogens is 781 g/mol. The van der Waals surface area contributed by atoms with Gasteiger partial charge in [-0.3, -0.25) is 38.7 Å². The molecule has 1 aliphatic carbocycles. The number of carbonyl (C=O) groups excluding carboxylic acids is 4. The number of imidazole rings is 1. The summed E-state index contributed by atoms with van der Waals surface area (Å²) < 4.78 is 29.2. The van der Waals surface area contributed by atoms with Gasteiger partial charge >= 0.3 is 5.69 Å². The molecule has 4 aromatic heterocycles. The summed E-state index contributed by atoms with van der Waals surface area (Å²) in [6.45, 7) is 1.93. The third-order valence-electron chi connectivity index (χ3n) is 11.3. The number of pyridine rings is 1. The van der Waals surface area contributed by atoms with Gasteiger partial charge in [0.15, 0.2) is 0 Å². The van der Waals surface area contributed by atoms with E-state index in [4.69, 9.17) is 5.14 Å². The van der Waals surface area contributed by atoms with Crippen LogP contribution < -0.4 is 26.8 Å². The third kappa shape index (κ3) is 6.84. The number of sulfonamides is 1. The fourth-order valence-electron chi connectivity index (χ4n) is 8.56. The Labute approximate surface area is 335 Å². The summed E-state index contributed by atoms with van der Waals surface area (Å²) in [6, 6.07) is 17.8. The number of benzene rings is 2. The fraction of sp³-hybridized carbons (Fsp3) is 0.282. The second-order valence-corrected chi connectivity index (χ2v) is 16.9. The number of carbonyl (C=O) groups is 4. The number of para-hydroxylation sites is 1. The van der Waals surface area contributed by atoms with Gasteiger partial charge in [0.2, 0.25) is 16.8 Å². The number of aryl methyl sites for hydroxylation is 1. The van der Waals surface area contributed by atoms with E-state index in [9.17, 15) is 32.4 Å². The highest BCUT2D eigenvalue weighted by Crippen LogP contribution is 2.52. The highest BCUT2D eigenvalue weighted by Gasteiger charge is 2.53. The molecule has 20 heteroatoms. The fourth-order valence-corrected chi connectivity index (χ4v) is 9.17. The zero-order valence-electron chi connectivity index (χ0n) is 31.6. The summed E-state index contributed by atoms with van der Waals surface area (Å²) in [5.74, 6) is -1.25. The number of rotatable bonds is 10. The molecule has 2 aliphatic heterocycles. The van der Waals surface area contributed by atoms with Crippen molar-refractivity contribution >= 4 is 56.1 Å². The molecule has 1 atom stereocenters. The predicted octanol–water partition coefficient (Wildman–Crippen LogP) is 2.15. The zero-order valence-corrected chi connectivity index (χ0v) is 32.4. The normalized spacial score (nSPS) is 17.7. The summed E-state index contributed by atoms with van der Waals surface area (Å²) in [6.07, 6.45) is 5.18. The third-order valence-corrected chi connectivity index (χ3v) is 12.2. The average Bonchev–Trinajstić information content (AvgIpc) is 3.94. The van der Waals surface area contributed by atoms with Gasteiger partial charge in [0, 0.05) is 50.3 Å². The Balaban J connectivity index is 0.811. The Morgan fingerprint density at radius 2 is 1.75 bits per heavy atom. The minimum Gasteiger partial charge on any atom is -0.383 e. The molecule has 19 nitrogen and oxygen atoms in total. The SMILES string of the molecule is Cn1c(=O)n(C2CCC(=O)NC2=O)c2cccc(NCC3CC4(C3)CN(C(=O)c3ccc(-n5cc(NC(=O)c6cccc(-c7ccn[nH]7)n6)c(S(N)(=O)=O)n5)cc3)C4)c21. The zero-order chi connectivity index (χ0) is 41.2. The lowest BCUT2D eigenvalue weighted by Gasteiger charge is -2.59. The molecule has 6 N–H and O–H groups in total. The quantitative estimate of drug-likeness (QED) is 0.125. The van der Waals surface area contributed by atoms with Gasteiger partial charge in [0.1, 0.15) is 17.4 Å². The van der Waals surface area contributed by atoms with Crippen LogP contribution in [0.25, 0.3) is 28.1 Å². The maximum Gasteiger partial charge on any atom is 0.329 e. The van der Waals surface area contributed by atoms with Crippen molar-refractivity contribution in [2.45, 2.75) is 36.8 Å². The van der Waals surface area contributed by atoms with E-state index < -0.39 is 32.9 Å². The summed E-state index contributed by atoms with van der Waals surface area (Å²) in [5.41, 5.74) is 3.66. The highest BCUT2D eigenvalue weighted by molar-refractivity contribution is 7.89. The van der Waals surface area contributed by atoms with E-state index in [1.807, 2.05) is 17.0 Å². The Morgan fingerprint density at radius 3 is 2.46 bits per heavy atom. The van der Waals surface area contributed by atoms with Crippen molar-refractivity contribution in [3.63, 3.8) is 0 Å². The van der Waals surface area contributed by atoms with Crippen LogP contribution in [-0.4, -0.2) is 90.7 Å². The van der Waals surface area contributed by atoms with Crippen LogP contribution in [0.1, 0.15) is 52.6 Å². The summed E-state index contributed by atoms with van der Waals surface area (Å²) in [5, 5.41) is 24.1. The molecule has 0 radical (unpaired) electrons. The van der Waals surface area contributed by atoms with E-state index >= 15 is 0 Å². The number of H-pyrrole nitrogens is 1. The molecule has 2 aromatic carbocycles. The van der Waals surface area contributed by atoms with Crippen LogP contribution in [0.3, 0.4) is 0 Å². The molecule has 3 aliphatic rings. The maximum atomic E-state index is 13.4. The number of piperidine rings is 1. The van der Waals surface area contributed by atoms with Crippen molar-refractivity contribution in [2.24, 2.45) is 23.5 Å². The van der Waals surface area contributed by atoms with Crippen molar-refractivity contribution in [2.75, 3.05) is 30.3 Å². The van der Waals surface area contributed by atoms with E-state index in [1.165, 1.54) is 26.1 Å². The van der Waals surface area contributed by atoms with Crippen LogP contribution in [0.15, 0.2) is 88.9 Å². The summed E-state index contributed by atoms with van der Waals surface area (Å²) >= 11 is 0. The lowest BCUT2D eigenvalue weighted by molar-refractivity contribution is -0.135. The van der Waals surface area contributed by atoms with Crippen molar-refractivity contribution in [3.8, 4) is 17.1 Å². The first-order valence-electron chi connectivity index (χ1n) is 18.8. The van der Waals surface area contributed by atoms with Crippen LogP contribution in [0, 0.1) is 11.3 Å². The van der Waals surface area contributed by atoms with E-state index in [0.717, 1.165) is 18.5 Å². The van der Waals surface area contributed by atoms with Gasteiger partial charge in [-0.05, 0) is 79.8 Å². The molecule has 9 rings (SSSR count). The van der Waals surface area contributed by atoms with Crippen LogP contribution >= 0.6 is 0 Å². The van der Waals surface area contributed by atoms with Crippen LogP contribution in [0.4, 0.5) is 11.4 Å². The minimum absolute atomic E-state index is 0.0263. The molecule has 0 bridgehead atoms. The van der Waals surface area contributed by atoms with Crippen molar-refractivity contribution in [3.05, 3.63) is 101 Å². The molecule has 59 heavy (non-hydrogen) atoms. The molecule has 1 unspecified atom stereocenters. The number of hydrogen-bond acceptors (Lipinski definition) is 11. The second-order valence-electron chi connectivity index (χ2n) is 15.4. The average molecular weight is 819 g/mol.